The van der Waals surface area contributed by atoms with Gasteiger partial charge in [-0.2, -0.15) is 0 Å². The molecule has 1 fully saturated rings. The highest BCUT2D eigenvalue weighted by molar-refractivity contribution is 6.05. The molecule has 1 saturated heterocycles. The number of anilines is 1. The maximum Gasteiger partial charge on any atom is 0.274 e. The molecule has 1 aromatic heterocycles. The van der Waals surface area contributed by atoms with E-state index in [9.17, 15) is 23.2 Å². The number of nitrogens with one attached hydrogen (secondary N) is 1. The highest BCUT2D eigenvalue weighted by Crippen LogP contribution is 2.17. The van der Waals surface area contributed by atoms with Gasteiger partial charge in [-0.1, -0.05) is 18.9 Å². The van der Waals surface area contributed by atoms with E-state index in [4.69, 9.17) is 0 Å². The predicted molar refractivity (Wildman–Crippen MR) is 100 cm³/mol. The summed E-state index contributed by atoms with van der Waals surface area (Å²) in [4.78, 5) is 39.2. The molecule has 0 spiro atoms. The van der Waals surface area contributed by atoms with Gasteiger partial charge in [0.25, 0.3) is 17.4 Å². The Kier molecular flexibility index (Phi) is 5.87. The second-order valence-electron chi connectivity index (χ2n) is 6.82. The number of amides is 2. The van der Waals surface area contributed by atoms with E-state index in [1.165, 1.54) is 23.9 Å². The zero-order valence-electron chi connectivity index (χ0n) is 15.5. The Labute approximate surface area is 160 Å². The van der Waals surface area contributed by atoms with Crippen LogP contribution in [0.4, 0.5) is 14.5 Å². The van der Waals surface area contributed by atoms with Crippen LogP contribution in [-0.2, 0) is 7.05 Å². The number of carbonyl (C=O) groups excluding carboxylic acids is 2. The Morgan fingerprint density at radius 3 is 2.25 bits per heavy atom. The number of benzene rings is 1. The maximum absolute atomic E-state index is 13.8. The second-order valence-corrected chi connectivity index (χ2v) is 6.82. The maximum atomic E-state index is 13.8. The third-order valence-corrected chi connectivity index (χ3v) is 4.76. The normalized spacial score (nSPS) is 14.5. The van der Waals surface area contributed by atoms with E-state index in [0.717, 1.165) is 43.9 Å². The van der Waals surface area contributed by atoms with Crippen molar-refractivity contribution in [2.45, 2.75) is 25.7 Å². The third kappa shape index (κ3) is 4.11. The summed E-state index contributed by atoms with van der Waals surface area (Å²) in [7, 11) is 1.45. The molecule has 0 atom stereocenters. The van der Waals surface area contributed by atoms with Gasteiger partial charge in [-0.25, -0.2) is 8.78 Å². The summed E-state index contributed by atoms with van der Waals surface area (Å²) < 4.78 is 28.8. The summed E-state index contributed by atoms with van der Waals surface area (Å²) >= 11 is 0. The van der Waals surface area contributed by atoms with Gasteiger partial charge in [0.1, 0.15) is 22.9 Å². The van der Waals surface area contributed by atoms with E-state index in [2.05, 4.69) is 5.32 Å². The Morgan fingerprint density at radius 2 is 1.64 bits per heavy atom. The van der Waals surface area contributed by atoms with Crippen LogP contribution in [0.5, 0.6) is 0 Å². The number of carbonyl (C=O) groups is 2. The van der Waals surface area contributed by atoms with Gasteiger partial charge < -0.3 is 14.8 Å². The smallest absolute Gasteiger partial charge is 0.274 e. The standard InChI is InChI=1S/C20H21F2N3O3/c1-24-12-13(19(27)25-9-4-2-3-5-10-25)11-16(20(24)28)23-18(26)17-14(21)7-6-8-15(17)22/h6-8,11-12H,2-5,9-10H2,1H3,(H,23,26). The van der Waals surface area contributed by atoms with Gasteiger partial charge in [-0.15, -0.1) is 0 Å². The molecule has 3 rings (SSSR count). The highest BCUT2D eigenvalue weighted by atomic mass is 19.1. The molecule has 1 aliphatic heterocycles. The third-order valence-electron chi connectivity index (χ3n) is 4.76. The van der Waals surface area contributed by atoms with Crippen LogP contribution in [0.15, 0.2) is 35.3 Å². The van der Waals surface area contributed by atoms with Crippen LogP contribution in [0.25, 0.3) is 0 Å². The molecular formula is C20H21F2N3O3. The van der Waals surface area contributed by atoms with Crippen LogP contribution in [0.2, 0.25) is 0 Å². The molecule has 0 aliphatic carbocycles. The Bertz CT molecular complexity index is 943. The number of likely N-dealkylation sites (tertiary alicyclic amines) is 1. The van der Waals surface area contributed by atoms with Gasteiger partial charge in [0.05, 0.1) is 5.56 Å². The average Bonchev–Trinajstić information content (AvgIpc) is 2.94. The zero-order valence-corrected chi connectivity index (χ0v) is 15.5. The van der Waals surface area contributed by atoms with Crippen molar-refractivity contribution in [3.8, 4) is 0 Å². The van der Waals surface area contributed by atoms with E-state index in [-0.39, 0.29) is 17.2 Å². The highest BCUT2D eigenvalue weighted by Gasteiger charge is 2.22. The minimum atomic E-state index is -1.09. The van der Waals surface area contributed by atoms with Gasteiger partial charge in [-0.05, 0) is 31.0 Å². The van der Waals surface area contributed by atoms with E-state index < -0.39 is 28.7 Å². The van der Waals surface area contributed by atoms with Crippen LogP contribution in [-0.4, -0.2) is 34.4 Å². The number of hydrogen-bond acceptors (Lipinski definition) is 3. The molecule has 1 aromatic carbocycles. The summed E-state index contributed by atoms with van der Waals surface area (Å²) in [5.41, 5.74) is -1.35. The number of aromatic nitrogens is 1. The van der Waals surface area contributed by atoms with Gasteiger partial charge in [0.2, 0.25) is 0 Å². The fraction of sp³-hybridized carbons (Fsp3) is 0.350. The number of halogens is 2. The van der Waals surface area contributed by atoms with E-state index in [1.54, 1.807) is 4.90 Å². The summed E-state index contributed by atoms with van der Waals surface area (Å²) in [6, 6.07) is 4.30. The molecule has 1 aliphatic rings. The summed E-state index contributed by atoms with van der Waals surface area (Å²) in [5, 5.41) is 2.24. The van der Waals surface area contributed by atoms with Gasteiger partial charge in [-0.3, -0.25) is 14.4 Å². The van der Waals surface area contributed by atoms with E-state index in [0.29, 0.717) is 13.1 Å². The zero-order chi connectivity index (χ0) is 20.3. The number of hydrogen-bond donors (Lipinski definition) is 1. The minimum Gasteiger partial charge on any atom is -0.339 e. The van der Waals surface area contributed by atoms with Gasteiger partial charge in [0.15, 0.2) is 0 Å². The lowest BCUT2D eigenvalue weighted by Crippen LogP contribution is -2.33. The molecule has 0 bridgehead atoms. The van der Waals surface area contributed by atoms with Crippen LogP contribution in [0.1, 0.15) is 46.4 Å². The first-order valence-electron chi connectivity index (χ1n) is 9.14. The molecule has 148 valence electrons. The molecule has 8 heteroatoms. The van der Waals surface area contributed by atoms with Crippen molar-refractivity contribution in [1.82, 2.24) is 9.47 Å². The van der Waals surface area contributed by atoms with Crippen molar-refractivity contribution in [3.63, 3.8) is 0 Å². The number of pyridine rings is 1. The predicted octanol–water partition coefficient (Wildman–Crippen LogP) is 2.93. The first-order chi connectivity index (χ1) is 13.4. The summed E-state index contributed by atoms with van der Waals surface area (Å²) in [6.07, 6.45) is 5.34. The molecular weight excluding hydrogens is 368 g/mol. The van der Waals surface area contributed by atoms with Crippen molar-refractivity contribution in [1.29, 1.82) is 0 Å². The Balaban J connectivity index is 1.90. The lowest BCUT2D eigenvalue weighted by Gasteiger charge is -2.21. The molecule has 0 unspecified atom stereocenters. The Morgan fingerprint density at radius 1 is 1.04 bits per heavy atom. The molecule has 2 amide bonds. The first kappa shape index (κ1) is 19.7. The largest absolute Gasteiger partial charge is 0.339 e. The molecule has 2 aromatic rings. The van der Waals surface area contributed by atoms with E-state index in [1.807, 2.05) is 0 Å². The molecule has 0 radical (unpaired) electrons. The summed E-state index contributed by atoms with van der Waals surface area (Å²) in [6.45, 7) is 1.26. The van der Waals surface area contributed by atoms with Crippen molar-refractivity contribution in [3.05, 3.63) is 63.6 Å². The minimum absolute atomic E-state index is 0.212. The van der Waals surface area contributed by atoms with Gasteiger partial charge in [0, 0.05) is 26.3 Å². The lowest BCUT2D eigenvalue weighted by molar-refractivity contribution is 0.0760. The molecule has 1 N–H and O–H groups in total. The fourth-order valence-electron chi connectivity index (χ4n) is 3.27. The second kappa shape index (κ2) is 8.33. The van der Waals surface area contributed by atoms with Crippen LogP contribution in [0, 0.1) is 11.6 Å². The molecule has 6 nitrogen and oxygen atoms in total. The van der Waals surface area contributed by atoms with Crippen LogP contribution < -0.4 is 10.9 Å². The quantitative estimate of drug-likeness (QED) is 0.877. The van der Waals surface area contributed by atoms with Crippen molar-refractivity contribution >= 4 is 17.5 Å². The fourth-order valence-corrected chi connectivity index (χ4v) is 3.27. The first-order valence-corrected chi connectivity index (χ1v) is 9.14. The van der Waals surface area contributed by atoms with Gasteiger partial charge >= 0.3 is 0 Å². The van der Waals surface area contributed by atoms with Crippen molar-refractivity contribution < 1.29 is 18.4 Å². The Hall–Kier alpha value is -3.03. The SMILES string of the molecule is Cn1cc(C(=O)N2CCCCCC2)cc(NC(=O)c2c(F)cccc2F)c1=O. The van der Waals surface area contributed by atoms with E-state index >= 15 is 0 Å². The number of nitrogens with zero attached hydrogens (tertiary/aromatic N) is 2. The van der Waals surface area contributed by atoms with Crippen LogP contribution >= 0.6 is 0 Å². The lowest BCUT2D eigenvalue weighted by atomic mass is 10.1. The summed E-state index contributed by atoms with van der Waals surface area (Å²) in [5.74, 6) is -3.41. The molecule has 28 heavy (non-hydrogen) atoms. The van der Waals surface area contributed by atoms with Crippen molar-refractivity contribution in [2.24, 2.45) is 7.05 Å². The molecule has 0 saturated carbocycles. The topological polar surface area (TPSA) is 71.4 Å². The number of aryl methyl sites for hydroxylation is 1. The number of rotatable bonds is 3. The van der Waals surface area contributed by atoms with Crippen LogP contribution in [0.3, 0.4) is 0 Å². The monoisotopic (exact) mass is 389 g/mol. The molecule has 2 heterocycles. The average molecular weight is 389 g/mol. The van der Waals surface area contributed by atoms with Crippen molar-refractivity contribution in [2.75, 3.05) is 18.4 Å².